The molecule has 0 bridgehead atoms. The number of benzene rings is 1. The van der Waals surface area contributed by atoms with E-state index in [-0.39, 0.29) is 6.03 Å². The minimum Gasteiger partial charge on any atom is -0.381 e. The van der Waals surface area contributed by atoms with E-state index in [1.807, 2.05) is 23.1 Å². The number of hydrogen-bond donors (Lipinski definition) is 1. The molecular formula is C18H23N3O2. The van der Waals surface area contributed by atoms with Gasteiger partial charge in [0.1, 0.15) is 0 Å². The summed E-state index contributed by atoms with van der Waals surface area (Å²) >= 11 is 0. The van der Waals surface area contributed by atoms with Crippen LogP contribution in [-0.2, 0) is 11.2 Å². The summed E-state index contributed by atoms with van der Waals surface area (Å²) in [7, 11) is 0. The fourth-order valence-electron chi connectivity index (χ4n) is 3.50. The van der Waals surface area contributed by atoms with E-state index in [0.717, 1.165) is 51.1 Å². The van der Waals surface area contributed by atoms with E-state index in [0.29, 0.717) is 23.9 Å². The first kappa shape index (κ1) is 15.8. The van der Waals surface area contributed by atoms with Crippen LogP contribution in [0.25, 0.3) is 0 Å². The molecule has 5 heteroatoms. The molecular weight excluding hydrogens is 290 g/mol. The van der Waals surface area contributed by atoms with E-state index in [1.165, 1.54) is 0 Å². The van der Waals surface area contributed by atoms with Crippen molar-refractivity contribution < 1.29 is 9.53 Å². The van der Waals surface area contributed by atoms with Gasteiger partial charge in [0.05, 0.1) is 11.6 Å². The van der Waals surface area contributed by atoms with Crippen molar-refractivity contribution in [2.45, 2.75) is 19.3 Å². The van der Waals surface area contributed by atoms with Crippen LogP contribution in [0, 0.1) is 23.2 Å². The van der Waals surface area contributed by atoms with Crippen LogP contribution in [0.4, 0.5) is 4.79 Å². The van der Waals surface area contributed by atoms with Gasteiger partial charge in [-0.1, -0.05) is 12.1 Å². The second-order valence-corrected chi connectivity index (χ2v) is 6.41. The topological polar surface area (TPSA) is 65.4 Å². The Morgan fingerprint density at radius 3 is 3.09 bits per heavy atom. The van der Waals surface area contributed by atoms with Gasteiger partial charge in [0.15, 0.2) is 0 Å². The van der Waals surface area contributed by atoms with E-state index in [9.17, 15) is 4.79 Å². The van der Waals surface area contributed by atoms with E-state index in [4.69, 9.17) is 10.00 Å². The summed E-state index contributed by atoms with van der Waals surface area (Å²) in [6.45, 7) is 4.02. The predicted molar refractivity (Wildman–Crippen MR) is 86.9 cm³/mol. The minimum absolute atomic E-state index is 0.0304. The number of likely N-dealkylation sites (tertiary alicyclic amines) is 1. The lowest BCUT2D eigenvalue weighted by Gasteiger charge is -2.19. The molecule has 1 aromatic rings. The summed E-state index contributed by atoms with van der Waals surface area (Å²) in [5, 5.41) is 11.9. The lowest BCUT2D eigenvalue weighted by molar-refractivity contribution is 0.170. The fourth-order valence-corrected chi connectivity index (χ4v) is 3.50. The molecule has 2 atom stereocenters. The fraction of sp³-hybridized carbons (Fsp3) is 0.556. The smallest absolute Gasteiger partial charge is 0.317 e. The maximum Gasteiger partial charge on any atom is 0.317 e. The first-order chi connectivity index (χ1) is 11.3. The van der Waals surface area contributed by atoms with Gasteiger partial charge >= 0.3 is 6.03 Å². The summed E-state index contributed by atoms with van der Waals surface area (Å²) < 4.78 is 5.46. The average molecular weight is 313 g/mol. The quantitative estimate of drug-likeness (QED) is 0.926. The highest BCUT2D eigenvalue weighted by molar-refractivity contribution is 5.74. The van der Waals surface area contributed by atoms with E-state index in [2.05, 4.69) is 11.4 Å². The van der Waals surface area contributed by atoms with Crippen molar-refractivity contribution in [1.82, 2.24) is 10.2 Å². The van der Waals surface area contributed by atoms with E-state index in [1.54, 1.807) is 6.07 Å². The number of urea groups is 1. The molecule has 0 saturated carbocycles. The molecule has 5 nitrogen and oxygen atoms in total. The summed E-state index contributed by atoms with van der Waals surface area (Å²) in [5.41, 5.74) is 1.74. The summed E-state index contributed by atoms with van der Waals surface area (Å²) in [4.78, 5) is 14.2. The van der Waals surface area contributed by atoms with Crippen LogP contribution in [0.2, 0.25) is 0 Å². The molecule has 1 N–H and O–H groups in total. The largest absolute Gasteiger partial charge is 0.381 e. The van der Waals surface area contributed by atoms with Gasteiger partial charge in [-0.3, -0.25) is 0 Å². The zero-order valence-electron chi connectivity index (χ0n) is 13.3. The molecule has 2 unspecified atom stereocenters. The van der Waals surface area contributed by atoms with Gasteiger partial charge in [0.25, 0.3) is 0 Å². The molecule has 0 aromatic heterocycles. The van der Waals surface area contributed by atoms with Crippen molar-refractivity contribution in [2.24, 2.45) is 11.8 Å². The highest BCUT2D eigenvalue weighted by atomic mass is 16.5. The molecule has 0 radical (unpaired) electrons. The highest BCUT2D eigenvalue weighted by Gasteiger charge is 2.33. The Kier molecular flexibility index (Phi) is 5.14. The molecule has 0 aliphatic carbocycles. The zero-order chi connectivity index (χ0) is 16.1. The van der Waals surface area contributed by atoms with Gasteiger partial charge in [-0.25, -0.2) is 4.79 Å². The number of nitrogens with zero attached hydrogens (tertiary/aromatic N) is 2. The number of nitriles is 1. The third-order valence-corrected chi connectivity index (χ3v) is 4.89. The lowest BCUT2D eigenvalue weighted by atomic mass is 9.91. The van der Waals surface area contributed by atoms with Crippen LogP contribution in [0.15, 0.2) is 24.3 Å². The number of nitrogens with one attached hydrogen (secondary N) is 1. The summed E-state index contributed by atoms with van der Waals surface area (Å²) in [6, 6.07) is 9.70. The highest BCUT2D eigenvalue weighted by Crippen LogP contribution is 2.29. The second-order valence-electron chi connectivity index (χ2n) is 6.41. The van der Waals surface area contributed by atoms with Gasteiger partial charge in [0, 0.05) is 32.8 Å². The first-order valence-corrected chi connectivity index (χ1v) is 8.36. The van der Waals surface area contributed by atoms with Crippen LogP contribution < -0.4 is 5.32 Å². The molecule has 0 spiro atoms. The third-order valence-electron chi connectivity index (χ3n) is 4.89. The monoisotopic (exact) mass is 313 g/mol. The Morgan fingerprint density at radius 1 is 1.39 bits per heavy atom. The van der Waals surface area contributed by atoms with Gasteiger partial charge in [-0.15, -0.1) is 0 Å². The van der Waals surface area contributed by atoms with Gasteiger partial charge in [-0.2, -0.15) is 5.26 Å². The van der Waals surface area contributed by atoms with Crippen molar-refractivity contribution in [3.63, 3.8) is 0 Å². The Labute approximate surface area is 137 Å². The second kappa shape index (κ2) is 7.47. The van der Waals surface area contributed by atoms with Crippen molar-refractivity contribution in [1.29, 1.82) is 5.26 Å². The van der Waals surface area contributed by atoms with Crippen molar-refractivity contribution in [2.75, 3.05) is 32.8 Å². The summed E-state index contributed by atoms with van der Waals surface area (Å²) in [5.74, 6) is 1.22. The van der Waals surface area contributed by atoms with Crippen molar-refractivity contribution in [3.8, 4) is 6.07 Å². The molecule has 2 heterocycles. The standard InChI is InChI=1S/C18H23N3O2/c19-11-15-3-1-2-14(10-15)4-7-20-18(22)21-8-5-16(12-21)17-6-9-23-13-17/h1-3,10,16-17H,4-9,12-13H2,(H,20,22). The zero-order valence-corrected chi connectivity index (χ0v) is 13.3. The number of ether oxygens (including phenoxy) is 1. The third kappa shape index (κ3) is 4.02. The summed E-state index contributed by atoms with van der Waals surface area (Å²) in [6.07, 6.45) is 2.97. The minimum atomic E-state index is 0.0304. The average Bonchev–Trinajstić information content (AvgIpc) is 3.26. The van der Waals surface area contributed by atoms with Crippen LogP contribution in [0.5, 0.6) is 0 Å². The Bertz CT molecular complexity index is 590. The maximum atomic E-state index is 12.3. The Morgan fingerprint density at radius 2 is 2.30 bits per heavy atom. The SMILES string of the molecule is N#Cc1cccc(CCNC(=O)N2CCC(C3CCOC3)C2)c1. The van der Waals surface area contributed by atoms with Gasteiger partial charge in [0.2, 0.25) is 0 Å². The predicted octanol–water partition coefficient (Wildman–Crippen LogP) is 2.17. The molecule has 2 fully saturated rings. The van der Waals surface area contributed by atoms with E-state index >= 15 is 0 Å². The van der Waals surface area contributed by atoms with Crippen LogP contribution in [0.3, 0.4) is 0 Å². The Hall–Kier alpha value is -2.06. The Balaban J connectivity index is 1.42. The molecule has 2 saturated heterocycles. The number of carbonyl (C=O) groups is 1. The molecule has 23 heavy (non-hydrogen) atoms. The van der Waals surface area contributed by atoms with Crippen LogP contribution in [0.1, 0.15) is 24.0 Å². The molecule has 122 valence electrons. The van der Waals surface area contributed by atoms with Crippen LogP contribution >= 0.6 is 0 Å². The number of carbonyl (C=O) groups excluding carboxylic acids is 1. The van der Waals surface area contributed by atoms with Crippen LogP contribution in [-0.4, -0.2) is 43.8 Å². The van der Waals surface area contributed by atoms with Crippen molar-refractivity contribution >= 4 is 6.03 Å². The first-order valence-electron chi connectivity index (χ1n) is 8.36. The molecule has 1 aromatic carbocycles. The van der Waals surface area contributed by atoms with Crippen molar-refractivity contribution in [3.05, 3.63) is 35.4 Å². The lowest BCUT2D eigenvalue weighted by Crippen LogP contribution is -2.39. The normalized spacial score (nSPS) is 23.7. The molecule has 2 amide bonds. The maximum absolute atomic E-state index is 12.3. The van der Waals surface area contributed by atoms with Gasteiger partial charge < -0.3 is 15.0 Å². The number of hydrogen-bond acceptors (Lipinski definition) is 3. The molecule has 2 aliphatic rings. The van der Waals surface area contributed by atoms with Gasteiger partial charge in [-0.05, 0) is 48.8 Å². The molecule has 2 aliphatic heterocycles. The number of rotatable bonds is 4. The number of amides is 2. The molecule has 3 rings (SSSR count). The van der Waals surface area contributed by atoms with E-state index < -0.39 is 0 Å².